The summed E-state index contributed by atoms with van der Waals surface area (Å²) in [5, 5.41) is 40.0. The standard InChI is InChI=1S/2C18H22O3/c2*1-18-7-6-12-11-3-2-10(19)8-14(11)16(20)9-13(12)15(18)4-5-17(18)21/h2*2-3,8,12-13,15,17,19,21H,4-7,9H2,1H3/t12-,13-,15+,17?,18+;12-,13-,15+,17+,18+/m11/s1. The number of phenolic OH excluding ortho intramolecular Hbond substituents is 2. The molecule has 2 aromatic rings. The Bertz CT molecular complexity index is 1320. The van der Waals surface area contributed by atoms with Crippen molar-refractivity contribution in [2.45, 2.75) is 102 Å². The first-order chi connectivity index (χ1) is 20.0. The monoisotopic (exact) mass is 572 g/mol. The molecule has 6 nitrogen and oxygen atoms in total. The highest BCUT2D eigenvalue weighted by Gasteiger charge is 2.56. The van der Waals surface area contributed by atoms with Crippen LogP contribution in [0.15, 0.2) is 36.4 Å². The van der Waals surface area contributed by atoms with E-state index in [-0.39, 0.29) is 46.1 Å². The maximum Gasteiger partial charge on any atom is 0.163 e. The van der Waals surface area contributed by atoms with Crippen molar-refractivity contribution in [1.82, 2.24) is 0 Å². The summed E-state index contributed by atoms with van der Waals surface area (Å²) >= 11 is 0. The summed E-state index contributed by atoms with van der Waals surface area (Å²) in [7, 11) is 0. The van der Waals surface area contributed by atoms with Crippen molar-refractivity contribution in [3.63, 3.8) is 0 Å². The zero-order valence-corrected chi connectivity index (χ0v) is 24.8. The van der Waals surface area contributed by atoms with Crippen molar-refractivity contribution >= 4 is 11.6 Å². The fraction of sp³-hybridized carbons (Fsp3) is 0.611. The summed E-state index contributed by atoms with van der Waals surface area (Å²) in [5.41, 5.74) is 3.68. The molecule has 2 aromatic carbocycles. The van der Waals surface area contributed by atoms with E-state index in [4.69, 9.17) is 0 Å². The van der Waals surface area contributed by atoms with E-state index < -0.39 is 0 Å². The lowest BCUT2D eigenvalue weighted by molar-refractivity contribution is -0.0208. The lowest BCUT2D eigenvalue weighted by atomic mass is 9.55. The molecule has 4 saturated carbocycles. The number of benzene rings is 2. The molecule has 0 heterocycles. The van der Waals surface area contributed by atoms with Crippen LogP contribution in [-0.4, -0.2) is 44.2 Å². The molecule has 0 aromatic heterocycles. The van der Waals surface area contributed by atoms with E-state index in [1.807, 2.05) is 12.1 Å². The number of hydrogen-bond donors (Lipinski definition) is 4. The molecule has 6 heteroatoms. The second-order valence-electron chi connectivity index (χ2n) is 14.8. The Morgan fingerprint density at radius 2 is 1.02 bits per heavy atom. The summed E-state index contributed by atoms with van der Waals surface area (Å²) in [6, 6.07) is 10.5. The van der Waals surface area contributed by atoms with Crippen LogP contribution in [0.4, 0.5) is 0 Å². The lowest BCUT2D eigenvalue weighted by Gasteiger charge is -2.49. The first-order valence-corrected chi connectivity index (χ1v) is 16.1. The van der Waals surface area contributed by atoms with Gasteiger partial charge in [0.05, 0.1) is 12.2 Å². The highest BCUT2D eigenvalue weighted by Crippen LogP contribution is 2.62. The van der Waals surface area contributed by atoms with E-state index in [2.05, 4.69) is 13.8 Å². The molecule has 1 unspecified atom stereocenters. The van der Waals surface area contributed by atoms with Crippen molar-refractivity contribution in [2.75, 3.05) is 0 Å². The molecule has 4 N–H and O–H groups in total. The van der Waals surface area contributed by atoms with Gasteiger partial charge >= 0.3 is 0 Å². The van der Waals surface area contributed by atoms with Crippen LogP contribution in [-0.2, 0) is 0 Å². The van der Waals surface area contributed by atoms with Crippen molar-refractivity contribution in [2.24, 2.45) is 34.5 Å². The molecule has 0 saturated heterocycles. The van der Waals surface area contributed by atoms with Crippen LogP contribution in [0.5, 0.6) is 11.5 Å². The number of carbonyl (C=O) groups is 2. The summed E-state index contributed by atoms with van der Waals surface area (Å²) in [4.78, 5) is 25.0. The maximum atomic E-state index is 12.5. The Hall–Kier alpha value is -2.70. The van der Waals surface area contributed by atoms with Crippen molar-refractivity contribution in [3.8, 4) is 11.5 Å². The number of aliphatic hydroxyl groups is 2. The van der Waals surface area contributed by atoms with Gasteiger partial charge in [0.2, 0.25) is 0 Å². The van der Waals surface area contributed by atoms with Crippen molar-refractivity contribution in [3.05, 3.63) is 58.7 Å². The number of aromatic hydroxyl groups is 2. The second kappa shape index (κ2) is 9.92. The van der Waals surface area contributed by atoms with E-state index in [9.17, 15) is 30.0 Å². The SMILES string of the molecule is C[C@]12CC[C@@H]3c4ccc(O)cc4C(=O)C[C@H]3[C@@H]1CCC2O.C[C@]12CC[C@@H]3c4ccc(O)cc4C(=O)C[C@H]3[C@@H]1CC[C@@H]2O. The maximum absolute atomic E-state index is 12.5. The Morgan fingerprint density at radius 3 is 1.43 bits per heavy atom. The van der Waals surface area contributed by atoms with Crippen LogP contribution < -0.4 is 0 Å². The predicted molar refractivity (Wildman–Crippen MR) is 159 cm³/mol. The Balaban J connectivity index is 0.000000137. The van der Waals surface area contributed by atoms with Crippen molar-refractivity contribution < 1.29 is 30.0 Å². The molecule has 8 rings (SSSR count). The zero-order chi connectivity index (χ0) is 29.6. The van der Waals surface area contributed by atoms with Gasteiger partial charge in [-0.05, 0) is 133 Å². The number of fused-ring (bicyclic) bond motifs is 10. The summed E-state index contributed by atoms with van der Waals surface area (Å²) in [5.74, 6) is 3.16. The fourth-order valence-electron chi connectivity index (χ4n) is 10.7. The average Bonchev–Trinajstić information content (AvgIpc) is 3.44. The molecule has 42 heavy (non-hydrogen) atoms. The van der Waals surface area contributed by atoms with Crippen molar-refractivity contribution in [1.29, 1.82) is 0 Å². The van der Waals surface area contributed by atoms with Crippen LogP contribution >= 0.6 is 0 Å². The average molecular weight is 573 g/mol. The first-order valence-electron chi connectivity index (χ1n) is 16.1. The number of ketones is 2. The fourth-order valence-corrected chi connectivity index (χ4v) is 10.7. The van der Waals surface area contributed by atoms with Crippen LogP contribution in [0.3, 0.4) is 0 Å². The van der Waals surface area contributed by atoms with Gasteiger partial charge < -0.3 is 20.4 Å². The number of phenols is 2. The summed E-state index contributed by atoms with van der Waals surface area (Å²) in [6.45, 7) is 4.42. The van der Waals surface area contributed by atoms with Gasteiger partial charge in [0.15, 0.2) is 11.6 Å². The van der Waals surface area contributed by atoms with E-state index in [0.717, 1.165) is 73.6 Å². The smallest absolute Gasteiger partial charge is 0.163 e. The molecular formula is C36H44O6. The largest absolute Gasteiger partial charge is 0.508 e. The molecule has 0 aliphatic heterocycles. The highest BCUT2D eigenvalue weighted by atomic mass is 16.3. The number of hydrogen-bond acceptors (Lipinski definition) is 6. The third-order valence-electron chi connectivity index (χ3n) is 13.1. The molecule has 224 valence electrons. The minimum Gasteiger partial charge on any atom is -0.508 e. The van der Waals surface area contributed by atoms with Crippen LogP contribution in [0.1, 0.15) is 122 Å². The molecule has 0 bridgehead atoms. The molecule has 4 fully saturated rings. The van der Waals surface area contributed by atoms with Gasteiger partial charge in [-0.2, -0.15) is 0 Å². The lowest BCUT2D eigenvalue weighted by Crippen LogP contribution is -2.44. The van der Waals surface area contributed by atoms with Crippen LogP contribution in [0, 0.1) is 34.5 Å². The molecule has 10 atom stereocenters. The molecule has 0 radical (unpaired) electrons. The van der Waals surface area contributed by atoms with E-state index in [1.165, 1.54) is 0 Å². The highest BCUT2D eigenvalue weighted by molar-refractivity contribution is 6.00. The van der Waals surface area contributed by atoms with Gasteiger partial charge in [-0.1, -0.05) is 26.0 Å². The van der Waals surface area contributed by atoms with Gasteiger partial charge in [-0.3, -0.25) is 9.59 Å². The Morgan fingerprint density at radius 1 is 0.619 bits per heavy atom. The number of carbonyl (C=O) groups excluding carboxylic acids is 2. The van der Waals surface area contributed by atoms with Gasteiger partial charge in [-0.15, -0.1) is 0 Å². The number of aliphatic hydroxyl groups excluding tert-OH is 2. The normalized spacial score (nSPS) is 41.3. The number of Topliss-reactive ketones (excluding diaryl/α,β-unsaturated/α-hetero) is 2. The van der Waals surface area contributed by atoms with Crippen LogP contribution in [0.2, 0.25) is 0 Å². The van der Waals surface area contributed by atoms with E-state index >= 15 is 0 Å². The predicted octanol–water partition coefficient (Wildman–Crippen LogP) is 6.50. The second-order valence-corrected chi connectivity index (χ2v) is 14.8. The summed E-state index contributed by atoms with van der Waals surface area (Å²) < 4.78 is 0. The quantitative estimate of drug-likeness (QED) is 0.287. The topological polar surface area (TPSA) is 115 Å². The van der Waals surface area contributed by atoms with Gasteiger partial charge in [0.25, 0.3) is 0 Å². The van der Waals surface area contributed by atoms with E-state index in [0.29, 0.717) is 48.3 Å². The van der Waals surface area contributed by atoms with E-state index in [1.54, 1.807) is 24.3 Å². The Kier molecular flexibility index (Phi) is 6.63. The molecule has 6 aliphatic carbocycles. The third kappa shape index (κ3) is 4.11. The third-order valence-corrected chi connectivity index (χ3v) is 13.1. The molecular weight excluding hydrogens is 528 g/mol. The number of rotatable bonds is 0. The Labute approximate surface area is 248 Å². The van der Waals surface area contributed by atoms with Gasteiger partial charge in [0, 0.05) is 24.0 Å². The zero-order valence-electron chi connectivity index (χ0n) is 24.8. The molecule has 0 amide bonds. The minimum absolute atomic E-state index is 0.00410. The van der Waals surface area contributed by atoms with Gasteiger partial charge in [-0.25, -0.2) is 0 Å². The summed E-state index contributed by atoms with van der Waals surface area (Å²) in [6.07, 6.45) is 8.73. The first kappa shape index (κ1) is 28.1. The molecule has 0 spiro atoms. The van der Waals surface area contributed by atoms with Crippen LogP contribution in [0.25, 0.3) is 0 Å². The molecule has 6 aliphatic rings. The minimum atomic E-state index is -0.209. The van der Waals surface area contributed by atoms with Gasteiger partial charge in [0.1, 0.15) is 11.5 Å².